The summed E-state index contributed by atoms with van der Waals surface area (Å²) in [5, 5.41) is 21.5. The number of aliphatic hydroxyl groups is 1. The Morgan fingerprint density at radius 3 is 2.53 bits per heavy atom. The summed E-state index contributed by atoms with van der Waals surface area (Å²) >= 11 is 0. The van der Waals surface area contributed by atoms with Gasteiger partial charge in [-0.3, -0.25) is 14.5 Å². The number of phenols is 1. The van der Waals surface area contributed by atoms with Crippen LogP contribution >= 0.6 is 0 Å². The Balaban J connectivity index is 1.69. The number of aliphatic hydroxyl groups excluding tert-OH is 1. The molecule has 5 rings (SSSR count). The second-order valence-electron chi connectivity index (χ2n) is 8.99. The molecule has 1 amide bonds. The van der Waals surface area contributed by atoms with Crippen LogP contribution in [0, 0.1) is 6.92 Å². The van der Waals surface area contributed by atoms with Crippen molar-refractivity contribution in [3.05, 3.63) is 89.0 Å². The van der Waals surface area contributed by atoms with E-state index in [2.05, 4.69) is 9.97 Å². The lowest BCUT2D eigenvalue weighted by Gasteiger charge is -2.23. The lowest BCUT2D eigenvalue weighted by molar-refractivity contribution is -0.132. The number of imidazole rings is 1. The maximum atomic E-state index is 13.3. The van der Waals surface area contributed by atoms with Crippen LogP contribution < -0.4 is 9.64 Å². The molecule has 4 aromatic rings. The fourth-order valence-corrected chi connectivity index (χ4v) is 4.45. The average Bonchev–Trinajstić information content (AvgIpc) is 3.38. The van der Waals surface area contributed by atoms with Crippen molar-refractivity contribution >= 4 is 34.4 Å². The molecule has 1 saturated heterocycles. The number of aromatic nitrogens is 2. The molecule has 3 N–H and O–H groups in total. The molecule has 0 saturated carbocycles. The Morgan fingerprint density at radius 1 is 1.06 bits per heavy atom. The van der Waals surface area contributed by atoms with E-state index in [1.54, 1.807) is 36.4 Å². The van der Waals surface area contributed by atoms with Crippen molar-refractivity contribution < 1.29 is 24.5 Å². The van der Waals surface area contributed by atoms with Crippen LogP contribution in [0.4, 0.5) is 5.95 Å². The highest BCUT2D eigenvalue weighted by Gasteiger charge is 2.48. The largest absolute Gasteiger partial charge is 0.508 e. The molecule has 1 aromatic heterocycles. The van der Waals surface area contributed by atoms with Gasteiger partial charge in [-0.1, -0.05) is 24.3 Å². The summed E-state index contributed by atoms with van der Waals surface area (Å²) < 4.78 is 5.78. The van der Waals surface area contributed by atoms with Gasteiger partial charge in [0.2, 0.25) is 5.95 Å². The molecular formula is C28H25N3O5. The number of hydrogen-bond acceptors (Lipinski definition) is 6. The van der Waals surface area contributed by atoms with E-state index in [1.807, 2.05) is 39.0 Å². The van der Waals surface area contributed by atoms with Crippen LogP contribution in [0.15, 0.2) is 72.3 Å². The number of benzene rings is 3. The van der Waals surface area contributed by atoms with E-state index >= 15 is 0 Å². The van der Waals surface area contributed by atoms with Gasteiger partial charge in [-0.05, 0) is 74.4 Å². The molecule has 2 heterocycles. The Kier molecular flexibility index (Phi) is 5.72. The van der Waals surface area contributed by atoms with Crippen LogP contribution in [0.2, 0.25) is 0 Å². The molecule has 0 spiro atoms. The lowest BCUT2D eigenvalue weighted by Crippen LogP contribution is -2.30. The molecule has 36 heavy (non-hydrogen) atoms. The van der Waals surface area contributed by atoms with Crippen molar-refractivity contribution in [3.63, 3.8) is 0 Å². The van der Waals surface area contributed by atoms with Gasteiger partial charge in [0.1, 0.15) is 17.3 Å². The van der Waals surface area contributed by atoms with E-state index in [9.17, 15) is 19.8 Å². The van der Waals surface area contributed by atoms with Gasteiger partial charge in [-0.15, -0.1) is 0 Å². The fourth-order valence-electron chi connectivity index (χ4n) is 4.45. The zero-order valence-electron chi connectivity index (χ0n) is 20.0. The summed E-state index contributed by atoms with van der Waals surface area (Å²) in [5.41, 5.74) is 2.82. The molecule has 8 nitrogen and oxygen atoms in total. The summed E-state index contributed by atoms with van der Waals surface area (Å²) in [5.74, 6) is -1.20. The number of anilines is 1. The normalized spacial score (nSPS) is 17.3. The number of ketones is 1. The van der Waals surface area contributed by atoms with Gasteiger partial charge in [-0.2, -0.15) is 0 Å². The summed E-state index contributed by atoms with van der Waals surface area (Å²) in [7, 11) is 0. The number of carbonyl (C=O) groups is 2. The minimum atomic E-state index is -1.01. The van der Waals surface area contributed by atoms with Crippen molar-refractivity contribution in [2.45, 2.75) is 32.9 Å². The predicted octanol–water partition coefficient (Wildman–Crippen LogP) is 4.99. The number of aromatic hydroxyl groups is 1. The highest BCUT2D eigenvalue weighted by atomic mass is 16.5. The van der Waals surface area contributed by atoms with E-state index in [0.717, 1.165) is 5.56 Å². The molecule has 0 aliphatic carbocycles. The number of H-pyrrole nitrogens is 1. The van der Waals surface area contributed by atoms with Gasteiger partial charge in [0.25, 0.3) is 5.78 Å². The van der Waals surface area contributed by atoms with Crippen LogP contribution in [-0.2, 0) is 9.59 Å². The number of amides is 1. The highest BCUT2D eigenvalue weighted by molar-refractivity contribution is 6.51. The highest BCUT2D eigenvalue weighted by Crippen LogP contribution is 2.42. The molecule has 1 unspecified atom stereocenters. The Bertz CT molecular complexity index is 1500. The van der Waals surface area contributed by atoms with Gasteiger partial charge in [-0.25, -0.2) is 4.98 Å². The van der Waals surface area contributed by atoms with Gasteiger partial charge in [0.15, 0.2) is 0 Å². The van der Waals surface area contributed by atoms with Crippen LogP contribution in [0.5, 0.6) is 11.5 Å². The molecule has 3 aromatic carbocycles. The Hall–Kier alpha value is -4.59. The van der Waals surface area contributed by atoms with Crippen molar-refractivity contribution in [1.82, 2.24) is 9.97 Å². The van der Waals surface area contributed by atoms with Gasteiger partial charge in [0, 0.05) is 5.56 Å². The topological polar surface area (TPSA) is 116 Å². The smallest absolute Gasteiger partial charge is 0.302 e. The molecule has 0 bridgehead atoms. The standard InChI is InChI=1S/C28H25N3O5/c1-15(2)36-22-12-11-18(13-16(22)3)25(33)23-24(17-7-6-8-19(32)14-17)31(27(35)26(23)34)28-29-20-9-4-5-10-21(20)30-28/h4-15,24,32-33H,1-3H3,(H,29,30)/b25-23+. The minimum absolute atomic E-state index is 0.0250. The number of ether oxygens (including phenoxy) is 1. The van der Waals surface area contributed by atoms with Crippen molar-refractivity contribution in [1.29, 1.82) is 0 Å². The first-order chi connectivity index (χ1) is 17.2. The van der Waals surface area contributed by atoms with E-state index in [-0.39, 0.29) is 29.1 Å². The number of rotatable bonds is 5. The number of Topliss-reactive ketones (excluding diaryl/α,β-unsaturated/α-hetero) is 1. The van der Waals surface area contributed by atoms with Crippen LogP contribution in [0.3, 0.4) is 0 Å². The number of phenolic OH excluding ortho intramolecular Hbond substituents is 1. The van der Waals surface area contributed by atoms with Crippen molar-refractivity contribution in [2.24, 2.45) is 0 Å². The number of nitrogens with one attached hydrogen (secondary N) is 1. The van der Waals surface area contributed by atoms with E-state index in [0.29, 0.717) is 27.9 Å². The third-order valence-corrected chi connectivity index (χ3v) is 6.05. The van der Waals surface area contributed by atoms with Gasteiger partial charge >= 0.3 is 5.91 Å². The first kappa shape index (κ1) is 23.2. The summed E-state index contributed by atoms with van der Waals surface area (Å²) in [4.78, 5) is 35.5. The Labute approximate surface area is 207 Å². The minimum Gasteiger partial charge on any atom is -0.508 e. The second kappa shape index (κ2) is 8.88. The fraction of sp³-hybridized carbons (Fsp3) is 0.179. The third-order valence-electron chi connectivity index (χ3n) is 6.05. The summed E-state index contributed by atoms with van der Waals surface area (Å²) in [6.07, 6.45) is -0.0250. The molecule has 0 radical (unpaired) electrons. The SMILES string of the molecule is Cc1cc(/C(O)=C2\C(=O)C(=O)N(c3nc4ccccc4[nH]3)C2c2cccc(O)c2)ccc1OC(C)C. The predicted molar refractivity (Wildman–Crippen MR) is 136 cm³/mol. The van der Waals surface area contributed by atoms with E-state index < -0.39 is 17.7 Å². The third kappa shape index (κ3) is 3.96. The van der Waals surface area contributed by atoms with E-state index in [1.165, 1.54) is 17.0 Å². The number of carbonyl (C=O) groups excluding carboxylic acids is 2. The van der Waals surface area contributed by atoms with E-state index in [4.69, 9.17) is 4.74 Å². The van der Waals surface area contributed by atoms with Crippen molar-refractivity contribution in [3.8, 4) is 11.5 Å². The molecular weight excluding hydrogens is 458 g/mol. The number of aromatic amines is 1. The maximum Gasteiger partial charge on any atom is 0.302 e. The first-order valence-corrected chi connectivity index (χ1v) is 11.6. The molecule has 1 aliphatic rings. The van der Waals surface area contributed by atoms with Crippen LogP contribution in [0.25, 0.3) is 16.8 Å². The van der Waals surface area contributed by atoms with Gasteiger partial charge < -0.3 is 19.9 Å². The number of nitrogens with zero attached hydrogens (tertiary/aromatic N) is 2. The average molecular weight is 484 g/mol. The van der Waals surface area contributed by atoms with Crippen LogP contribution in [0.1, 0.15) is 36.6 Å². The second-order valence-corrected chi connectivity index (χ2v) is 8.99. The lowest BCUT2D eigenvalue weighted by atomic mass is 9.94. The molecule has 1 atom stereocenters. The van der Waals surface area contributed by atoms with Crippen LogP contribution in [-0.4, -0.2) is 38.0 Å². The Morgan fingerprint density at radius 2 is 1.83 bits per heavy atom. The maximum absolute atomic E-state index is 13.3. The quantitative estimate of drug-likeness (QED) is 0.209. The number of hydrogen-bond donors (Lipinski definition) is 3. The molecule has 1 fully saturated rings. The number of para-hydroxylation sites is 2. The van der Waals surface area contributed by atoms with Crippen molar-refractivity contribution in [2.75, 3.05) is 4.90 Å². The van der Waals surface area contributed by atoms with Gasteiger partial charge in [0.05, 0.1) is 28.8 Å². The zero-order valence-corrected chi connectivity index (χ0v) is 20.0. The monoisotopic (exact) mass is 483 g/mol. The zero-order chi connectivity index (χ0) is 25.6. The summed E-state index contributed by atoms with van der Waals surface area (Å²) in [6, 6.07) is 17.6. The summed E-state index contributed by atoms with van der Waals surface area (Å²) in [6.45, 7) is 5.68. The molecule has 182 valence electrons. The molecule has 8 heteroatoms. The first-order valence-electron chi connectivity index (χ1n) is 11.6. The molecule has 1 aliphatic heterocycles. The number of aryl methyl sites for hydroxylation is 1. The number of fused-ring (bicyclic) bond motifs is 1.